The molecule has 1 heterocycles. The van der Waals surface area contributed by atoms with E-state index in [2.05, 4.69) is 10.5 Å². The van der Waals surface area contributed by atoms with Crippen molar-refractivity contribution in [2.75, 3.05) is 0 Å². The summed E-state index contributed by atoms with van der Waals surface area (Å²) >= 11 is 0. The first-order chi connectivity index (χ1) is 9.81. The summed E-state index contributed by atoms with van der Waals surface area (Å²) in [5, 5.41) is 7.79. The molecule has 0 unspecified atom stereocenters. The average Bonchev–Trinajstić information content (AvgIpc) is 3.11. The molecule has 1 N–H and O–H groups in total. The van der Waals surface area contributed by atoms with Crippen molar-refractivity contribution >= 4 is 0 Å². The van der Waals surface area contributed by atoms with E-state index in [0.29, 0.717) is 5.41 Å². The first-order valence-electron chi connectivity index (χ1n) is 8.48. The van der Waals surface area contributed by atoms with Crippen LogP contribution in [0.2, 0.25) is 0 Å². The van der Waals surface area contributed by atoms with Gasteiger partial charge >= 0.3 is 0 Å². The number of hydrogen-bond donors (Lipinski definition) is 1. The minimum absolute atomic E-state index is 0.353. The fourth-order valence-electron chi connectivity index (χ4n) is 5.75. The molecule has 0 atom stereocenters. The van der Waals surface area contributed by atoms with E-state index in [4.69, 9.17) is 4.52 Å². The fourth-order valence-corrected chi connectivity index (χ4v) is 5.75. The summed E-state index contributed by atoms with van der Waals surface area (Å²) in [5.74, 6) is 4.16. The molecule has 5 saturated carbocycles. The van der Waals surface area contributed by atoms with Crippen LogP contribution >= 0.6 is 0 Å². The van der Waals surface area contributed by atoms with Gasteiger partial charge in [0.05, 0.1) is 6.20 Å². The number of hydrogen-bond acceptors (Lipinski definition) is 3. The van der Waals surface area contributed by atoms with Crippen molar-refractivity contribution in [1.29, 1.82) is 0 Å². The van der Waals surface area contributed by atoms with Gasteiger partial charge in [-0.05, 0) is 69.1 Å². The minimum Gasteiger partial charge on any atom is -0.360 e. The molecule has 1 aromatic heterocycles. The zero-order valence-corrected chi connectivity index (χ0v) is 12.1. The number of nitrogens with zero attached hydrogens (tertiary/aromatic N) is 1. The molecule has 0 radical (unpaired) electrons. The van der Waals surface area contributed by atoms with Crippen LogP contribution in [0.1, 0.15) is 62.7 Å². The van der Waals surface area contributed by atoms with E-state index < -0.39 is 0 Å². The molecule has 3 nitrogen and oxygen atoms in total. The Morgan fingerprint density at radius 1 is 1.10 bits per heavy atom. The Kier molecular flexibility index (Phi) is 2.41. The Morgan fingerprint density at radius 3 is 2.35 bits per heavy atom. The third-order valence-electron chi connectivity index (χ3n) is 6.32. The maximum Gasteiger partial charge on any atom is 0.147 e. The molecule has 5 fully saturated rings. The average molecular weight is 272 g/mol. The zero-order chi connectivity index (χ0) is 13.2. The standard InChI is InChI=1S/C17H24N2O/c1-2-15(1)18-9-14-10-19-20-16(14)17-6-11-3-12(7-17)5-13(4-11)8-17/h10-13,15,18H,1-9H2. The van der Waals surface area contributed by atoms with Crippen LogP contribution in [0.15, 0.2) is 10.7 Å². The van der Waals surface area contributed by atoms with Crippen LogP contribution in [0.3, 0.4) is 0 Å². The van der Waals surface area contributed by atoms with Gasteiger partial charge in [-0.1, -0.05) is 5.16 Å². The topological polar surface area (TPSA) is 38.1 Å². The van der Waals surface area contributed by atoms with Gasteiger partial charge in [0, 0.05) is 23.6 Å². The molecule has 4 bridgehead atoms. The lowest BCUT2D eigenvalue weighted by molar-refractivity contribution is -0.0181. The van der Waals surface area contributed by atoms with Gasteiger partial charge in [-0.15, -0.1) is 0 Å². The predicted octanol–water partition coefficient (Wildman–Crippen LogP) is 3.39. The summed E-state index contributed by atoms with van der Waals surface area (Å²) in [6.45, 7) is 0.964. The lowest BCUT2D eigenvalue weighted by Crippen LogP contribution is -2.48. The Hall–Kier alpha value is -0.830. The molecule has 20 heavy (non-hydrogen) atoms. The summed E-state index contributed by atoms with van der Waals surface area (Å²) in [6, 6.07) is 0.758. The quantitative estimate of drug-likeness (QED) is 0.913. The molecule has 0 aliphatic heterocycles. The number of nitrogens with one attached hydrogen (secondary N) is 1. The number of rotatable bonds is 4. The van der Waals surface area contributed by atoms with Gasteiger partial charge in [0.25, 0.3) is 0 Å². The van der Waals surface area contributed by atoms with Gasteiger partial charge in [0.1, 0.15) is 5.76 Å². The normalized spacial score (nSPS) is 42.3. The van der Waals surface area contributed by atoms with E-state index in [1.54, 1.807) is 0 Å². The van der Waals surface area contributed by atoms with E-state index in [0.717, 1.165) is 30.3 Å². The van der Waals surface area contributed by atoms with Crippen molar-refractivity contribution < 1.29 is 4.52 Å². The van der Waals surface area contributed by atoms with Gasteiger partial charge in [-0.25, -0.2) is 0 Å². The van der Waals surface area contributed by atoms with Crippen molar-refractivity contribution in [3.05, 3.63) is 17.5 Å². The van der Waals surface area contributed by atoms with Crippen LogP contribution in [0, 0.1) is 17.8 Å². The fraction of sp³-hybridized carbons (Fsp3) is 0.824. The smallest absolute Gasteiger partial charge is 0.147 e. The summed E-state index contributed by atoms with van der Waals surface area (Å²) in [6.07, 6.45) is 13.2. The Labute approximate surface area is 120 Å². The molecular weight excluding hydrogens is 248 g/mol. The Morgan fingerprint density at radius 2 is 1.75 bits per heavy atom. The Bertz CT molecular complexity index is 482. The highest BCUT2D eigenvalue weighted by atomic mass is 16.5. The van der Waals surface area contributed by atoms with E-state index >= 15 is 0 Å². The molecule has 3 heteroatoms. The van der Waals surface area contributed by atoms with Crippen LogP contribution in [-0.4, -0.2) is 11.2 Å². The van der Waals surface area contributed by atoms with Crippen LogP contribution < -0.4 is 5.32 Å². The highest BCUT2D eigenvalue weighted by Gasteiger charge is 2.54. The molecule has 0 amide bonds. The van der Waals surface area contributed by atoms with Crippen LogP contribution in [0.5, 0.6) is 0 Å². The van der Waals surface area contributed by atoms with Gasteiger partial charge in [0.15, 0.2) is 0 Å². The lowest BCUT2D eigenvalue weighted by Gasteiger charge is -2.55. The minimum atomic E-state index is 0.353. The first-order valence-corrected chi connectivity index (χ1v) is 8.48. The maximum absolute atomic E-state index is 5.81. The van der Waals surface area contributed by atoms with E-state index in [1.807, 2.05) is 6.20 Å². The SMILES string of the molecule is c1noc(C23CC4CC(CC(C4)C2)C3)c1CNC1CC1. The van der Waals surface area contributed by atoms with Crippen molar-refractivity contribution in [2.45, 2.75) is 69.4 Å². The molecule has 0 saturated heterocycles. The highest BCUT2D eigenvalue weighted by molar-refractivity contribution is 5.27. The van der Waals surface area contributed by atoms with Crippen LogP contribution in [0.4, 0.5) is 0 Å². The summed E-state index contributed by atoms with van der Waals surface area (Å²) in [7, 11) is 0. The molecule has 0 aromatic carbocycles. The second-order valence-electron chi connectivity index (χ2n) is 8.03. The van der Waals surface area contributed by atoms with Crippen molar-refractivity contribution in [3.8, 4) is 0 Å². The van der Waals surface area contributed by atoms with Gasteiger partial charge < -0.3 is 9.84 Å². The third kappa shape index (κ3) is 1.78. The van der Waals surface area contributed by atoms with Crippen LogP contribution in [0.25, 0.3) is 0 Å². The second-order valence-corrected chi connectivity index (χ2v) is 8.03. The van der Waals surface area contributed by atoms with E-state index in [-0.39, 0.29) is 0 Å². The maximum atomic E-state index is 5.81. The van der Waals surface area contributed by atoms with E-state index in [1.165, 1.54) is 62.7 Å². The monoisotopic (exact) mass is 272 g/mol. The number of aromatic nitrogens is 1. The predicted molar refractivity (Wildman–Crippen MR) is 76.2 cm³/mol. The third-order valence-corrected chi connectivity index (χ3v) is 6.32. The molecule has 0 spiro atoms. The molecule has 108 valence electrons. The molecular formula is C17H24N2O. The summed E-state index contributed by atoms with van der Waals surface area (Å²) in [5.41, 5.74) is 1.70. The first kappa shape index (κ1) is 11.8. The Balaban J connectivity index is 1.45. The summed E-state index contributed by atoms with van der Waals surface area (Å²) in [4.78, 5) is 0. The highest BCUT2D eigenvalue weighted by Crippen LogP contribution is 2.61. The van der Waals surface area contributed by atoms with Crippen molar-refractivity contribution in [3.63, 3.8) is 0 Å². The van der Waals surface area contributed by atoms with Gasteiger partial charge in [-0.3, -0.25) is 0 Å². The van der Waals surface area contributed by atoms with Gasteiger partial charge in [-0.2, -0.15) is 0 Å². The van der Waals surface area contributed by atoms with Gasteiger partial charge in [0.2, 0.25) is 0 Å². The largest absolute Gasteiger partial charge is 0.360 e. The van der Waals surface area contributed by atoms with Crippen molar-refractivity contribution in [2.24, 2.45) is 17.8 Å². The molecule has 5 aliphatic carbocycles. The van der Waals surface area contributed by atoms with E-state index in [9.17, 15) is 0 Å². The zero-order valence-electron chi connectivity index (χ0n) is 12.1. The molecule has 6 rings (SSSR count). The summed E-state index contributed by atoms with van der Waals surface area (Å²) < 4.78 is 5.81. The van der Waals surface area contributed by atoms with Crippen molar-refractivity contribution in [1.82, 2.24) is 10.5 Å². The second kappa shape index (κ2) is 4.09. The lowest BCUT2D eigenvalue weighted by atomic mass is 9.49. The molecule has 1 aromatic rings. The van der Waals surface area contributed by atoms with Crippen LogP contribution in [-0.2, 0) is 12.0 Å². The molecule has 5 aliphatic rings.